The molecular formula is C11H30F4O4. The fourth-order valence-corrected chi connectivity index (χ4v) is 0.113. The number of ether oxygens (including phenoxy) is 2. The molecule has 0 aliphatic heterocycles. The molecule has 0 unspecified atom stereocenters. The molecule has 0 N–H and O–H groups in total. The lowest BCUT2D eigenvalue weighted by atomic mass is 10.9. The molecule has 0 aromatic carbocycles. The van der Waals surface area contributed by atoms with Crippen LogP contribution in [0.4, 0.5) is 27.2 Å². The monoisotopic (exact) mass is 302 g/mol. The van der Waals surface area contributed by atoms with E-state index in [2.05, 4.69) is 9.47 Å². The van der Waals surface area contributed by atoms with Gasteiger partial charge in [0.2, 0.25) is 0 Å². The van der Waals surface area contributed by atoms with Crippen molar-refractivity contribution in [3.05, 3.63) is 0 Å². The topological polar surface area (TPSA) is 52.6 Å². The minimum Gasteiger partial charge on any atom is -0.444 e. The van der Waals surface area contributed by atoms with Crippen molar-refractivity contribution in [2.75, 3.05) is 28.1 Å². The van der Waals surface area contributed by atoms with Gasteiger partial charge in [0.25, 0.3) is 0 Å². The Kier molecular flexibility index (Phi) is 193. The maximum absolute atomic E-state index is 10.8. The molecule has 0 radical (unpaired) electrons. The first kappa shape index (κ1) is 52.5. The summed E-state index contributed by atoms with van der Waals surface area (Å²) in [5.74, 6) is 0. The van der Waals surface area contributed by atoms with Crippen LogP contribution in [0, 0.1) is 0 Å². The van der Waals surface area contributed by atoms with E-state index in [1.165, 1.54) is 6.92 Å². The van der Waals surface area contributed by atoms with E-state index in [-0.39, 0.29) is 36.3 Å². The van der Waals surface area contributed by atoms with Crippen molar-refractivity contribution in [2.45, 2.75) is 36.6 Å². The molecule has 19 heavy (non-hydrogen) atoms. The molecule has 8 heteroatoms. The number of carbonyl (C=O) groups excluding carboxylic acids is 2. The molecule has 0 aromatic heterocycles. The predicted molar refractivity (Wildman–Crippen MR) is 72.6 cm³/mol. The van der Waals surface area contributed by atoms with Gasteiger partial charge in [0.05, 0.1) is 28.1 Å². The molecule has 126 valence electrons. The molecule has 0 bridgehead atoms. The molecular weight excluding hydrogens is 272 g/mol. The van der Waals surface area contributed by atoms with Gasteiger partial charge >= 0.3 is 12.4 Å². The largest absolute Gasteiger partial charge is 0.495 e. The zero-order chi connectivity index (χ0) is 13.3. The summed E-state index contributed by atoms with van der Waals surface area (Å²) in [5, 5.41) is 0. The minimum absolute atomic E-state index is 0. The van der Waals surface area contributed by atoms with Gasteiger partial charge in [-0.05, 0) is 6.92 Å². The summed E-state index contributed by atoms with van der Waals surface area (Å²) in [6.45, 7) is 1.65. The maximum Gasteiger partial charge on any atom is 0.495 e. The predicted octanol–water partition coefficient (Wildman–Crippen LogP) is 5.55. The second-order valence-corrected chi connectivity index (χ2v) is 1.11. The van der Waals surface area contributed by atoms with Gasteiger partial charge in [0.1, 0.15) is 0 Å². The van der Waals surface area contributed by atoms with Crippen molar-refractivity contribution in [3.63, 3.8) is 0 Å². The number of carbonyl (C=O) groups is 2. The zero-order valence-corrected chi connectivity index (χ0v) is 8.85. The summed E-state index contributed by atoms with van der Waals surface area (Å²) in [7, 11) is 1.97. The number of hydrogen-bond donors (Lipinski definition) is 0. The number of hydrogen-bond acceptors (Lipinski definition) is 4. The Labute approximate surface area is 115 Å². The number of halogens is 4. The third kappa shape index (κ3) is 267. The second kappa shape index (κ2) is 69.6. The Hall–Kier alpha value is -1.34. The van der Waals surface area contributed by atoms with Crippen molar-refractivity contribution >= 4 is 12.4 Å². The Morgan fingerprint density at radius 2 is 1.05 bits per heavy atom. The van der Waals surface area contributed by atoms with E-state index >= 15 is 0 Å². The quantitative estimate of drug-likeness (QED) is 0.470. The summed E-state index contributed by atoms with van der Waals surface area (Å²) in [6.07, 6.45) is -3.46. The normalized spacial score (nSPS) is 4.84. The van der Waals surface area contributed by atoms with Crippen molar-refractivity contribution < 1.29 is 36.6 Å². The molecule has 0 saturated carbocycles. The minimum atomic E-state index is -1.75. The summed E-state index contributed by atoms with van der Waals surface area (Å²) in [6, 6.07) is 0. The highest BCUT2D eigenvalue weighted by Gasteiger charge is 1.89. The molecule has 0 aliphatic carbocycles. The Bertz CT molecular complexity index is 136. The Balaban J connectivity index is -0.0000000144. The van der Waals surface area contributed by atoms with E-state index < -0.39 is 12.4 Å². The van der Waals surface area contributed by atoms with Gasteiger partial charge in [-0.3, -0.25) is 8.78 Å². The van der Waals surface area contributed by atoms with E-state index in [0.29, 0.717) is 14.4 Å². The van der Waals surface area contributed by atoms with E-state index in [1.807, 2.05) is 0 Å². The van der Waals surface area contributed by atoms with Crippen LogP contribution in [0.1, 0.15) is 36.6 Å². The SMILES string of the molecule is C.C.C.C.CCOC(=O)F.CF.CF.COC(=O)F. The zero-order valence-electron chi connectivity index (χ0n) is 8.85. The van der Waals surface area contributed by atoms with E-state index in [4.69, 9.17) is 9.59 Å². The van der Waals surface area contributed by atoms with Crippen LogP contribution in [0.3, 0.4) is 0 Å². The first-order valence-corrected chi connectivity index (χ1v) is 3.35. The molecule has 4 nitrogen and oxygen atoms in total. The molecule has 0 heterocycles. The number of rotatable bonds is 1. The van der Waals surface area contributed by atoms with Crippen molar-refractivity contribution in [3.8, 4) is 0 Å². The average molecular weight is 302 g/mol. The van der Waals surface area contributed by atoms with Crippen LogP contribution >= 0.6 is 0 Å². The second-order valence-electron chi connectivity index (χ2n) is 1.11. The van der Waals surface area contributed by atoms with Crippen LogP contribution in [0.15, 0.2) is 0 Å². The molecule has 0 amide bonds. The van der Waals surface area contributed by atoms with Gasteiger partial charge in [-0.2, -0.15) is 0 Å². The van der Waals surface area contributed by atoms with Gasteiger partial charge < -0.3 is 9.47 Å². The first-order chi connectivity index (χ1) is 7.04. The van der Waals surface area contributed by atoms with E-state index in [1.54, 1.807) is 0 Å². The standard InChI is InChI=1S/C3H5FO2.C2H3FO2.2CH3F.4CH4/c1-2-6-3(4)5;1-5-2(3)4;2*1-2;;;;/h2H2,1H3;1H3;2*1H3;4*1H4. The molecule has 0 aromatic rings. The molecule has 0 atom stereocenters. The van der Waals surface area contributed by atoms with Crippen LogP contribution in [-0.2, 0) is 9.47 Å². The van der Waals surface area contributed by atoms with E-state index in [9.17, 15) is 17.6 Å². The smallest absolute Gasteiger partial charge is 0.444 e. The third-order valence-electron chi connectivity index (χ3n) is 0.418. The van der Waals surface area contributed by atoms with Crippen LogP contribution < -0.4 is 0 Å². The van der Waals surface area contributed by atoms with Crippen LogP contribution in [0.5, 0.6) is 0 Å². The van der Waals surface area contributed by atoms with E-state index in [0.717, 1.165) is 7.11 Å². The lowest BCUT2D eigenvalue weighted by Gasteiger charge is -1.85. The highest BCUT2D eigenvalue weighted by Crippen LogP contribution is 1.77. The summed E-state index contributed by atoms with van der Waals surface area (Å²) in [4.78, 5) is 18.1. The fourth-order valence-electron chi connectivity index (χ4n) is 0.113. The first-order valence-electron chi connectivity index (χ1n) is 3.35. The number of methoxy groups -OCH3 is 1. The molecule has 0 fully saturated rings. The van der Waals surface area contributed by atoms with Crippen LogP contribution in [-0.4, -0.2) is 40.5 Å². The van der Waals surface area contributed by atoms with Gasteiger partial charge in [-0.25, -0.2) is 9.59 Å². The van der Waals surface area contributed by atoms with Crippen molar-refractivity contribution in [2.24, 2.45) is 0 Å². The Morgan fingerprint density at radius 1 is 0.842 bits per heavy atom. The van der Waals surface area contributed by atoms with Crippen molar-refractivity contribution in [1.82, 2.24) is 0 Å². The summed E-state index contributed by atoms with van der Waals surface area (Å²) in [5.41, 5.74) is 0. The average Bonchev–Trinajstić information content (AvgIpc) is 2.24. The molecule has 0 rings (SSSR count). The lowest BCUT2D eigenvalue weighted by Crippen LogP contribution is -1.90. The summed E-state index contributed by atoms with van der Waals surface area (Å²) >= 11 is 0. The fraction of sp³-hybridized carbons (Fsp3) is 0.818. The third-order valence-corrected chi connectivity index (χ3v) is 0.418. The molecule has 0 spiro atoms. The lowest BCUT2D eigenvalue weighted by molar-refractivity contribution is 0.126. The van der Waals surface area contributed by atoms with Gasteiger partial charge in [-0.15, -0.1) is 8.78 Å². The molecule has 0 aliphatic rings. The maximum atomic E-state index is 10.8. The Morgan fingerprint density at radius 3 is 1.05 bits per heavy atom. The van der Waals surface area contributed by atoms with Crippen molar-refractivity contribution in [1.29, 1.82) is 0 Å². The number of alkyl halides is 2. The van der Waals surface area contributed by atoms with Gasteiger partial charge in [0, 0.05) is 0 Å². The van der Waals surface area contributed by atoms with Gasteiger partial charge in [-0.1, -0.05) is 29.7 Å². The molecule has 0 saturated heterocycles. The van der Waals surface area contributed by atoms with Crippen LogP contribution in [0.2, 0.25) is 0 Å². The van der Waals surface area contributed by atoms with Crippen LogP contribution in [0.25, 0.3) is 0 Å². The highest BCUT2D eigenvalue weighted by molar-refractivity contribution is 5.57. The highest BCUT2D eigenvalue weighted by atomic mass is 19.2. The summed E-state index contributed by atoms with van der Waals surface area (Å²) < 4.78 is 47.6. The van der Waals surface area contributed by atoms with Gasteiger partial charge in [0.15, 0.2) is 0 Å².